The highest BCUT2D eigenvalue weighted by atomic mass is 16.5. The van der Waals surface area contributed by atoms with Crippen LogP contribution in [0.5, 0.6) is 0 Å². The first-order chi connectivity index (χ1) is 8.97. The Morgan fingerprint density at radius 2 is 2.16 bits per heavy atom. The molecule has 1 heterocycles. The van der Waals surface area contributed by atoms with Gasteiger partial charge in [-0.05, 0) is 32.6 Å². The van der Waals surface area contributed by atoms with Crippen molar-refractivity contribution in [3.63, 3.8) is 0 Å². The van der Waals surface area contributed by atoms with E-state index >= 15 is 0 Å². The molecule has 1 saturated heterocycles. The Morgan fingerprint density at radius 3 is 2.79 bits per heavy atom. The topological polar surface area (TPSA) is 58.6 Å². The monoisotopic (exact) mass is 268 g/mol. The summed E-state index contributed by atoms with van der Waals surface area (Å²) < 4.78 is 5.43. The number of carbonyl (C=O) groups excluding carboxylic acids is 2. The van der Waals surface area contributed by atoms with Crippen LogP contribution < -0.4 is 5.32 Å². The molecule has 0 unspecified atom stereocenters. The molecule has 1 spiro atoms. The lowest BCUT2D eigenvalue weighted by atomic mass is 9.73. The summed E-state index contributed by atoms with van der Waals surface area (Å²) in [5.41, 5.74) is -0.646. The number of hydrogen-bond donors (Lipinski definition) is 1. The minimum Gasteiger partial charge on any atom is -0.377 e. The van der Waals surface area contributed by atoms with Crippen LogP contribution >= 0.6 is 0 Å². The lowest BCUT2D eigenvalue weighted by Crippen LogP contribution is -2.54. The van der Waals surface area contributed by atoms with Crippen LogP contribution in [-0.2, 0) is 9.53 Å². The second-order valence-electron chi connectivity index (χ2n) is 5.92. The van der Waals surface area contributed by atoms with Gasteiger partial charge in [-0.1, -0.05) is 19.8 Å². The summed E-state index contributed by atoms with van der Waals surface area (Å²) in [4.78, 5) is 25.9. The van der Waals surface area contributed by atoms with Crippen LogP contribution in [0.15, 0.2) is 0 Å². The van der Waals surface area contributed by atoms with E-state index < -0.39 is 5.54 Å². The van der Waals surface area contributed by atoms with Crippen LogP contribution in [0.4, 0.5) is 4.79 Å². The molecule has 2 aliphatic rings. The molecule has 108 valence electrons. The van der Waals surface area contributed by atoms with Gasteiger partial charge in [-0.2, -0.15) is 0 Å². The van der Waals surface area contributed by atoms with Crippen LogP contribution in [0, 0.1) is 5.92 Å². The molecule has 1 aliphatic heterocycles. The zero-order valence-corrected chi connectivity index (χ0v) is 12.1. The maximum atomic E-state index is 12.6. The van der Waals surface area contributed by atoms with Crippen molar-refractivity contribution in [2.75, 3.05) is 13.2 Å². The zero-order chi connectivity index (χ0) is 14.0. The quantitative estimate of drug-likeness (QED) is 0.792. The number of nitrogens with one attached hydrogen (secondary N) is 1. The Morgan fingerprint density at radius 1 is 1.42 bits per heavy atom. The van der Waals surface area contributed by atoms with E-state index in [1.54, 1.807) is 0 Å². The number of imide groups is 1. The third-order valence-electron chi connectivity index (χ3n) is 4.27. The molecule has 2 rings (SSSR count). The molecular formula is C14H24N2O3. The molecule has 0 bridgehead atoms. The molecular weight excluding hydrogens is 244 g/mol. The number of nitrogens with zero attached hydrogens (tertiary/aromatic N) is 1. The fourth-order valence-electron chi connectivity index (χ4n) is 3.08. The maximum Gasteiger partial charge on any atom is 0.325 e. The van der Waals surface area contributed by atoms with Crippen molar-refractivity contribution in [1.82, 2.24) is 10.2 Å². The van der Waals surface area contributed by atoms with Gasteiger partial charge in [-0.25, -0.2) is 4.79 Å². The Hall–Kier alpha value is -1.10. The fourth-order valence-corrected chi connectivity index (χ4v) is 3.08. The third kappa shape index (κ3) is 2.61. The molecule has 2 atom stereocenters. The van der Waals surface area contributed by atoms with Gasteiger partial charge in [0.1, 0.15) is 5.54 Å². The zero-order valence-electron chi connectivity index (χ0n) is 12.1. The Labute approximate surface area is 114 Å². The SMILES string of the molecule is CC(C)OCCN1C(=O)N[C@@]2(CCCC[C@H]2C)C1=O. The van der Waals surface area contributed by atoms with Crippen molar-refractivity contribution in [1.29, 1.82) is 0 Å². The molecule has 1 N–H and O–H groups in total. The number of urea groups is 1. The van der Waals surface area contributed by atoms with E-state index in [9.17, 15) is 9.59 Å². The summed E-state index contributed by atoms with van der Waals surface area (Å²) in [5, 5.41) is 2.94. The van der Waals surface area contributed by atoms with Crippen LogP contribution in [0.1, 0.15) is 46.5 Å². The second-order valence-corrected chi connectivity index (χ2v) is 5.92. The van der Waals surface area contributed by atoms with Gasteiger partial charge in [-0.15, -0.1) is 0 Å². The minimum atomic E-state index is -0.646. The van der Waals surface area contributed by atoms with Crippen molar-refractivity contribution in [2.24, 2.45) is 5.92 Å². The van der Waals surface area contributed by atoms with Gasteiger partial charge < -0.3 is 10.1 Å². The summed E-state index contributed by atoms with van der Waals surface area (Å²) in [7, 11) is 0. The first kappa shape index (κ1) is 14.3. The van der Waals surface area contributed by atoms with E-state index in [0.29, 0.717) is 13.2 Å². The van der Waals surface area contributed by atoms with E-state index in [1.807, 2.05) is 13.8 Å². The van der Waals surface area contributed by atoms with E-state index in [4.69, 9.17) is 4.74 Å². The summed E-state index contributed by atoms with van der Waals surface area (Å²) in [6.45, 7) is 6.69. The summed E-state index contributed by atoms with van der Waals surface area (Å²) in [6.07, 6.45) is 4.03. The van der Waals surface area contributed by atoms with E-state index in [-0.39, 0.29) is 24.0 Å². The third-order valence-corrected chi connectivity index (χ3v) is 4.27. The number of ether oxygens (including phenoxy) is 1. The van der Waals surface area contributed by atoms with Crippen molar-refractivity contribution in [3.8, 4) is 0 Å². The van der Waals surface area contributed by atoms with Crippen molar-refractivity contribution in [2.45, 2.75) is 58.1 Å². The molecule has 3 amide bonds. The lowest BCUT2D eigenvalue weighted by molar-refractivity contribution is -0.134. The molecule has 0 aromatic carbocycles. The summed E-state index contributed by atoms with van der Waals surface area (Å²) >= 11 is 0. The lowest BCUT2D eigenvalue weighted by Gasteiger charge is -2.36. The average Bonchev–Trinajstić information content (AvgIpc) is 2.58. The smallest absolute Gasteiger partial charge is 0.325 e. The predicted molar refractivity (Wildman–Crippen MR) is 71.7 cm³/mol. The Kier molecular flexibility index (Phi) is 4.13. The molecule has 0 radical (unpaired) electrons. The van der Waals surface area contributed by atoms with E-state index in [2.05, 4.69) is 12.2 Å². The Balaban J connectivity index is 2.03. The van der Waals surface area contributed by atoms with Gasteiger partial charge in [0.2, 0.25) is 0 Å². The average molecular weight is 268 g/mol. The largest absolute Gasteiger partial charge is 0.377 e. The van der Waals surface area contributed by atoms with Gasteiger partial charge in [-0.3, -0.25) is 9.69 Å². The summed E-state index contributed by atoms with van der Waals surface area (Å²) in [5.74, 6) is 0.158. The molecule has 1 aliphatic carbocycles. The van der Waals surface area contributed by atoms with Crippen molar-refractivity contribution in [3.05, 3.63) is 0 Å². The molecule has 1 saturated carbocycles. The van der Waals surface area contributed by atoms with Crippen molar-refractivity contribution >= 4 is 11.9 Å². The fraction of sp³-hybridized carbons (Fsp3) is 0.857. The molecule has 19 heavy (non-hydrogen) atoms. The molecule has 5 heteroatoms. The van der Waals surface area contributed by atoms with Crippen LogP contribution in [0.3, 0.4) is 0 Å². The molecule has 2 fully saturated rings. The highest BCUT2D eigenvalue weighted by Gasteiger charge is 2.54. The van der Waals surface area contributed by atoms with E-state index in [0.717, 1.165) is 25.7 Å². The maximum absolute atomic E-state index is 12.6. The number of carbonyl (C=O) groups is 2. The normalized spacial score (nSPS) is 31.4. The number of hydrogen-bond acceptors (Lipinski definition) is 3. The van der Waals surface area contributed by atoms with Gasteiger partial charge in [0.05, 0.1) is 19.3 Å². The van der Waals surface area contributed by atoms with E-state index in [1.165, 1.54) is 4.90 Å². The van der Waals surface area contributed by atoms with Crippen LogP contribution in [0.2, 0.25) is 0 Å². The van der Waals surface area contributed by atoms with Crippen LogP contribution in [-0.4, -0.2) is 41.6 Å². The van der Waals surface area contributed by atoms with Crippen molar-refractivity contribution < 1.29 is 14.3 Å². The van der Waals surface area contributed by atoms with Crippen LogP contribution in [0.25, 0.3) is 0 Å². The minimum absolute atomic E-state index is 0.0583. The highest BCUT2D eigenvalue weighted by Crippen LogP contribution is 2.38. The first-order valence-corrected chi connectivity index (χ1v) is 7.23. The van der Waals surface area contributed by atoms with Gasteiger partial charge in [0, 0.05) is 0 Å². The standard InChI is InChI=1S/C14H24N2O3/c1-10(2)19-9-8-16-12(17)14(15-13(16)18)7-5-4-6-11(14)3/h10-11H,4-9H2,1-3H3,(H,15,18)/t11-,14-/m1/s1. The van der Waals surface area contributed by atoms with Gasteiger partial charge in [0.15, 0.2) is 0 Å². The van der Waals surface area contributed by atoms with Gasteiger partial charge >= 0.3 is 6.03 Å². The summed E-state index contributed by atoms with van der Waals surface area (Å²) in [6, 6.07) is -0.258. The number of amides is 3. The highest BCUT2D eigenvalue weighted by molar-refractivity contribution is 6.07. The molecule has 5 nitrogen and oxygen atoms in total. The van der Waals surface area contributed by atoms with Gasteiger partial charge in [0.25, 0.3) is 5.91 Å². The molecule has 0 aromatic rings. The second kappa shape index (κ2) is 5.49. The Bertz CT molecular complexity index is 370. The first-order valence-electron chi connectivity index (χ1n) is 7.23. The predicted octanol–water partition coefficient (Wildman–Crippen LogP) is 1.91. The number of rotatable bonds is 4. The molecule has 0 aromatic heterocycles.